The molecule has 138 valence electrons. The largest absolute Gasteiger partial charge is 0.489 e. The summed E-state index contributed by atoms with van der Waals surface area (Å²) in [7, 11) is 0. The summed E-state index contributed by atoms with van der Waals surface area (Å²) in [6, 6.07) is 21.2. The lowest BCUT2D eigenvalue weighted by atomic mass is 10.2. The maximum Gasteiger partial charge on any atom is 0.243 e. The number of benzene rings is 3. The van der Waals surface area contributed by atoms with Crippen LogP contribution in [0.25, 0.3) is 0 Å². The highest BCUT2D eigenvalue weighted by molar-refractivity contribution is 6.31. The van der Waals surface area contributed by atoms with Crippen molar-refractivity contribution >= 4 is 28.9 Å². The Balaban J connectivity index is 1.52. The number of hydrogen-bond acceptors (Lipinski definition) is 3. The molecule has 3 aromatic carbocycles. The molecule has 0 aromatic heterocycles. The van der Waals surface area contributed by atoms with Crippen LogP contribution in [0.2, 0.25) is 5.02 Å². The van der Waals surface area contributed by atoms with Gasteiger partial charge in [0, 0.05) is 17.4 Å². The molecule has 4 nitrogen and oxygen atoms in total. The Morgan fingerprint density at radius 1 is 0.963 bits per heavy atom. The van der Waals surface area contributed by atoms with Crippen LogP contribution in [0, 0.1) is 5.82 Å². The molecule has 3 aromatic rings. The van der Waals surface area contributed by atoms with Crippen molar-refractivity contribution in [3.8, 4) is 5.75 Å². The monoisotopic (exact) mass is 384 g/mol. The van der Waals surface area contributed by atoms with Gasteiger partial charge in [-0.1, -0.05) is 48.0 Å². The van der Waals surface area contributed by atoms with E-state index in [-0.39, 0.29) is 17.5 Å². The first-order valence-corrected chi connectivity index (χ1v) is 8.73. The third-order valence-electron chi connectivity index (χ3n) is 3.74. The minimum atomic E-state index is -0.501. The number of amides is 1. The summed E-state index contributed by atoms with van der Waals surface area (Å²) in [5.41, 5.74) is 2.26. The summed E-state index contributed by atoms with van der Waals surface area (Å²) in [6.45, 7) is 0.474. The first kappa shape index (κ1) is 18.7. The average Bonchev–Trinajstić information content (AvgIpc) is 2.68. The lowest BCUT2D eigenvalue weighted by Gasteiger charge is -2.10. The molecule has 2 N–H and O–H groups in total. The van der Waals surface area contributed by atoms with Crippen molar-refractivity contribution in [2.24, 2.45) is 0 Å². The van der Waals surface area contributed by atoms with Crippen molar-refractivity contribution in [2.45, 2.75) is 6.61 Å². The first-order chi connectivity index (χ1) is 13.1. The van der Waals surface area contributed by atoms with Crippen molar-refractivity contribution in [3.63, 3.8) is 0 Å². The van der Waals surface area contributed by atoms with E-state index in [4.69, 9.17) is 16.3 Å². The van der Waals surface area contributed by atoms with Crippen LogP contribution in [0.4, 0.5) is 15.8 Å². The van der Waals surface area contributed by atoms with Gasteiger partial charge in [0.1, 0.15) is 18.2 Å². The van der Waals surface area contributed by atoms with Gasteiger partial charge in [-0.3, -0.25) is 4.79 Å². The molecular weight excluding hydrogens is 367 g/mol. The number of carbonyl (C=O) groups is 1. The Bertz CT molecular complexity index is 919. The standard InChI is InChI=1S/C21H18ClFN2O2/c22-19-12-16(9-10-20(19)23)24-13-21(26)25-17-7-4-8-18(11-17)27-14-15-5-2-1-3-6-15/h1-12,24H,13-14H2,(H,25,26). The quantitative estimate of drug-likeness (QED) is 0.595. The number of ether oxygens (including phenoxy) is 1. The highest BCUT2D eigenvalue weighted by Gasteiger charge is 2.05. The zero-order chi connectivity index (χ0) is 19.1. The van der Waals surface area contributed by atoms with Gasteiger partial charge in [-0.2, -0.15) is 0 Å². The van der Waals surface area contributed by atoms with Crippen LogP contribution in [0.1, 0.15) is 5.56 Å². The van der Waals surface area contributed by atoms with Gasteiger partial charge < -0.3 is 15.4 Å². The fourth-order valence-electron chi connectivity index (χ4n) is 2.40. The van der Waals surface area contributed by atoms with E-state index in [0.717, 1.165) is 5.56 Å². The molecule has 6 heteroatoms. The molecule has 0 aliphatic rings. The van der Waals surface area contributed by atoms with E-state index in [0.29, 0.717) is 23.7 Å². The van der Waals surface area contributed by atoms with E-state index >= 15 is 0 Å². The highest BCUT2D eigenvalue weighted by atomic mass is 35.5. The smallest absolute Gasteiger partial charge is 0.243 e. The molecule has 0 fully saturated rings. The van der Waals surface area contributed by atoms with Crippen LogP contribution < -0.4 is 15.4 Å². The normalized spacial score (nSPS) is 10.3. The molecule has 0 radical (unpaired) electrons. The summed E-state index contributed by atoms with van der Waals surface area (Å²) in [5.74, 6) is -0.0791. The van der Waals surface area contributed by atoms with Crippen LogP contribution in [0.15, 0.2) is 72.8 Å². The molecule has 0 heterocycles. The van der Waals surface area contributed by atoms with Gasteiger partial charge in [0.2, 0.25) is 5.91 Å². The van der Waals surface area contributed by atoms with Crippen molar-refractivity contribution in [1.82, 2.24) is 0 Å². The fourth-order valence-corrected chi connectivity index (χ4v) is 2.58. The van der Waals surface area contributed by atoms with Crippen molar-refractivity contribution in [2.75, 3.05) is 17.2 Å². The van der Waals surface area contributed by atoms with Gasteiger partial charge >= 0.3 is 0 Å². The van der Waals surface area contributed by atoms with Gasteiger partial charge in [-0.05, 0) is 35.9 Å². The topological polar surface area (TPSA) is 50.4 Å². The third-order valence-corrected chi connectivity index (χ3v) is 4.03. The summed E-state index contributed by atoms with van der Waals surface area (Å²) < 4.78 is 18.9. The number of hydrogen-bond donors (Lipinski definition) is 2. The molecule has 0 spiro atoms. The second-order valence-electron chi connectivity index (χ2n) is 5.83. The van der Waals surface area contributed by atoms with Crippen molar-refractivity contribution < 1.29 is 13.9 Å². The zero-order valence-electron chi connectivity index (χ0n) is 14.4. The zero-order valence-corrected chi connectivity index (χ0v) is 15.2. The van der Waals surface area contributed by atoms with E-state index in [9.17, 15) is 9.18 Å². The molecule has 0 unspecified atom stereocenters. The summed E-state index contributed by atoms with van der Waals surface area (Å²) in [4.78, 5) is 12.1. The summed E-state index contributed by atoms with van der Waals surface area (Å²) in [5, 5.41) is 5.69. The number of rotatable bonds is 7. The molecule has 3 rings (SSSR count). The SMILES string of the molecule is O=C(CNc1ccc(F)c(Cl)c1)Nc1cccc(OCc2ccccc2)c1. The lowest BCUT2D eigenvalue weighted by molar-refractivity contribution is -0.114. The molecule has 0 bridgehead atoms. The summed E-state index contributed by atoms with van der Waals surface area (Å²) >= 11 is 5.72. The molecule has 0 saturated heterocycles. The number of nitrogens with one attached hydrogen (secondary N) is 2. The van der Waals surface area contributed by atoms with E-state index in [1.54, 1.807) is 12.1 Å². The van der Waals surface area contributed by atoms with Crippen LogP contribution in [-0.4, -0.2) is 12.5 Å². The Labute approximate surface area is 161 Å². The van der Waals surface area contributed by atoms with Gasteiger partial charge in [0.25, 0.3) is 0 Å². The molecule has 0 aliphatic carbocycles. The van der Waals surface area contributed by atoms with Gasteiger partial charge in [0.05, 0.1) is 11.6 Å². The van der Waals surface area contributed by atoms with Crippen LogP contribution in [0.5, 0.6) is 5.75 Å². The molecule has 27 heavy (non-hydrogen) atoms. The predicted octanol–water partition coefficient (Wildman–Crippen LogP) is 5.11. The Hall–Kier alpha value is -3.05. The highest BCUT2D eigenvalue weighted by Crippen LogP contribution is 2.20. The lowest BCUT2D eigenvalue weighted by Crippen LogP contribution is -2.21. The number of anilines is 2. The van der Waals surface area contributed by atoms with Crippen LogP contribution >= 0.6 is 11.6 Å². The van der Waals surface area contributed by atoms with Gasteiger partial charge in [-0.15, -0.1) is 0 Å². The van der Waals surface area contributed by atoms with Crippen molar-refractivity contribution in [1.29, 1.82) is 0 Å². The second-order valence-corrected chi connectivity index (χ2v) is 6.24. The van der Waals surface area contributed by atoms with E-state index in [2.05, 4.69) is 10.6 Å². The van der Waals surface area contributed by atoms with Crippen molar-refractivity contribution in [3.05, 3.63) is 89.2 Å². The molecule has 0 saturated carbocycles. The number of halogens is 2. The summed E-state index contributed by atoms with van der Waals surface area (Å²) in [6.07, 6.45) is 0. The Morgan fingerprint density at radius 2 is 1.78 bits per heavy atom. The minimum absolute atomic E-state index is 0.00340. The number of carbonyl (C=O) groups excluding carboxylic acids is 1. The van der Waals surface area contributed by atoms with E-state index < -0.39 is 5.82 Å². The molecular formula is C21H18ClFN2O2. The first-order valence-electron chi connectivity index (χ1n) is 8.36. The molecule has 1 amide bonds. The van der Waals surface area contributed by atoms with E-state index in [1.807, 2.05) is 42.5 Å². The molecule has 0 atom stereocenters. The van der Waals surface area contributed by atoms with Gasteiger partial charge in [-0.25, -0.2) is 4.39 Å². The molecule has 0 aliphatic heterocycles. The second kappa shape index (κ2) is 9.05. The third kappa shape index (κ3) is 5.72. The Morgan fingerprint density at radius 3 is 2.56 bits per heavy atom. The predicted molar refractivity (Wildman–Crippen MR) is 106 cm³/mol. The average molecular weight is 385 g/mol. The van der Waals surface area contributed by atoms with E-state index in [1.165, 1.54) is 18.2 Å². The van der Waals surface area contributed by atoms with Gasteiger partial charge in [0.15, 0.2) is 0 Å². The maximum atomic E-state index is 13.1. The minimum Gasteiger partial charge on any atom is -0.489 e. The van der Waals surface area contributed by atoms with Crippen LogP contribution in [0.3, 0.4) is 0 Å². The Kier molecular flexibility index (Phi) is 6.28. The maximum absolute atomic E-state index is 13.1. The fraction of sp³-hybridized carbons (Fsp3) is 0.0952. The van der Waals surface area contributed by atoms with Crippen LogP contribution in [-0.2, 0) is 11.4 Å².